The number of hydrogen-bond donors (Lipinski definition) is 2. The summed E-state index contributed by atoms with van der Waals surface area (Å²) >= 11 is 0. The second kappa shape index (κ2) is 7.76. The summed E-state index contributed by atoms with van der Waals surface area (Å²) in [6, 6.07) is 0. The molecule has 8 heteroatoms. The molecule has 0 radical (unpaired) electrons. The van der Waals surface area contributed by atoms with Gasteiger partial charge in [-0.3, -0.25) is 14.2 Å². The number of ether oxygens (including phenoxy) is 2. The predicted octanol–water partition coefficient (Wildman–Crippen LogP) is 1.47. The molecule has 0 aliphatic heterocycles. The summed E-state index contributed by atoms with van der Waals surface area (Å²) in [6.07, 6.45) is -0.149. The molecular formula is C12H23O7P. The van der Waals surface area contributed by atoms with E-state index < -0.39 is 30.6 Å². The van der Waals surface area contributed by atoms with E-state index in [0.29, 0.717) is 0 Å². The minimum absolute atomic E-state index is 0.0279. The first-order chi connectivity index (χ1) is 9.22. The Kier molecular flexibility index (Phi) is 7.41. The van der Waals surface area contributed by atoms with Crippen molar-refractivity contribution in [3.63, 3.8) is 0 Å². The van der Waals surface area contributed by atoms with Crippen molar-refractivity contribution in [3.8, 4) is 0 Å². The first-order valence-electron chi connectivity index (χ1n) is 6.62. The zero-order chi connectivity index (χ0) is 16.0. The third-order valence-corrected chi connectivity index (χ3v) is 5.09. The van der Waals surface area contributed by atoms with Gasteiger partial charge in [-0.2, -0.15) is 0 Å². The van der Waals surface area contributed by atoms with Crippen LogP contribution in [0.25, 0.3) is 0 Å². The van der Waals surface area contributed by atoms with Gasteiger partial charge in [-0.1, -0.05) is 13.8 Å². The van der Waals surface area contributed by atoms with Crippen molar-refractivity contribution < 1.29 is 33.4 Å². The minimum Gasteiger partial charge on any atom is -0.466 e. The Labute approximate surface area is 118 Å². The molecule has 0 aromatic rings. The van der Waals surface area contributed by atoms with E-state index >= 15 is 0 Å². The highest BCUT2D eigenvalue weighted by atomic mass is 31.2. The summed E-state index contributed by atoms with van der Waals surface area (Å²) in [5.74, 6) is -3.10. The van der Waals surface area contributed by atoms with Gasteiger partial charge in [-0.05, 0) is 26.7 Å². The van der Waals surface area contributed by atoms with Gasteiger partial charge in [0.15, 0.2) is 5.16 Å². The molecule has 20 heavy (non-hydrogen) atoms. The van der Waals surface area contributed by atoms with Gasteiger partial charge in [0.25, 0.3) is 0 Å². The van der Waals surface area contributed by atoms with Crippen LogP contribution < -0.4 is 0 Å². The molecule has 0 spiro atoms. The Hall–Kier alpha value is -0.910. The molecule has 0 fully saturated rings. The topological polar surface area (TPSA) is 110 Å². The van der Waals surface area contributed by atoms with Crippen LogP contribution >= 0.6 is 7.60 Å². The van der Waals surface area contributed by atoms with Gasteiger partial charge in [0, 0.05) is 0 Å². The van der Waals surface area contributed by atoms with Gasteiger partial charge < -0.3 is 19.3 Å². The molecule has 0 rings (SSSR count). The highest BCUT2D eigenvalue weighted by Crippen LogP contribution is 2.58. The standard InChI is InChI=1S/C12H23O7P/c1-5-9(10(13)18-7-3)12(6-2,20(15,16)17)11(14)19-8-4/h9H,5-8H2,1-4H3,(H2,15,16,17). The second-order valence-electron chi connectivity index (χ2n) is 4.26. The highest BCUT2D eigenvalue weighted by Gasteiger charge is 2.61. The molecule has 0 aromatic heterocycles. The fraction of sp³-hybridized carbons (Fsp3) is 0.833. The molecule has 2 N–H and O–H groups in total. The van der Waals surface area contributed by atoms with Gasteiger partial charge in [0.05, 0.1) is 19.1 Å². The van der Waals surface area contributed by atoms with Crippen LogP contribution in [0.3, 0.4) is 0 Å². The second-order valence-corrected chi connectivity index (χ2v) is 6.14. The lowest BCUT2D eigenvalue weighted by Crippen LogP contribution is -2.49. The van der Waals surface area contributed by atoms with Crippen LogP contribution in [0.2, 0.25) is 0 Å². The molecule has 0 aromatic carbocycles. The molecule has 0 aliphatic carbocycles. The molecule has 0 heterocycles. The SMILES string of the molecule is CCOC(=O)C(CC)C(CC)(C(=O)OCC)P(=O)(O)O. The van der Waals surface area contributed by atoms with Crippen LogP contribution in [-0.4, -0.2) is 40.1 Å². The van der Waals surface area contributed by atoms with E-state index in [1.54, 1.807) is 13.8 Å². The number of rotatable bonds is 8. The van der Waals surface area contributed by atoms with E-state index in [1.807, 2.05) is 0 Å². The molecule has 0 amide bonds. The van der Waals surface area contributed by atoms with Crippen LogP contribution in [0, 0.1) is 5.92 Å². The van der Waals surface area contributed by atoms with E-state index in [9.17, 15) is 23.9 Å². The van der Waals surface area contributed by atoms with Crippen LogP contribution in [0.5, 0.6) is 0 Å². The van der Waals surface area contributed by atoms with Gasteiger partial charge in [-0.15, -0.1) is 0 Å². The smallest absolute Gasteiger partial charge is 0.343 e. The average Bonchev–Trinajstić information content (AvgIpc) is 2.34. The van der Waals surface area contributed by atoms with Crippen molar-refractivity contribution in [2.75, 3.05) is 13.2 Å². The van der Waals surface area contributed by atoms with E-state index in [0.717, 1.165) is 0 Å². The summed E-state index contributed by atoms with van der Waals surface area (Å²) in [5, 5.41) is -2.19. The summed E-state index contributed by atoms with van der Waals surface area (Å²) in [5.41, 5.74) is 0. The van der Waals surface area contributed by atoms with Crippen molar-refractivity contribution in [3.05, 3.63) is 0 Å². The first kappa shape index (κ1) is 19.1. The zero-order valence-corrected chi connectivity index (χ0v) is 13.2. The van der Waals surface area contributed by atoms with E-state index in [4.69, 9.17) is 9.47 Å². The lowest BCUT2D eigenvalue weighted by Gasteiger charge is -2.36. The van der Waals surface area contributed by atoms with Gasteiger partial charge in [-0.25, -0.2) is 0 Å². The quantitative estimate of drug-likeness (QED) is 0.516. The van der Waals surface area contributed by atoms with Crippen molar-refractivity contribution in [1.29, 1.82) is 0 Å². The van der Waals surface area contributed by atoms with Crippen molar-refractivity contribution in [2.24, 2.45) is 5.92 Å². The summed E-state index contributed by atoms with van der Waals surface area (Å²) in [4.78, 5) is 43.4. The Morgan fingerprint density at radius 2 is 1.60 bits per heavy atom. The lowest BCUT2D eigenvalue weighted by atomic mass is 9.86. The average molecular weight is 310 g/mol. The molecule has 0 aliphatic rings. The largest absolute Gasteiger partial charge is 0.466 e. The van der Waals surface area contributed by atoms with Gasteiger partial charge in [0.2, 0.25) is 0 Å². The van der Waals surface area contributed by atoms with E-state index in [-0.39, 0.29) is 26.1 Å². The Bertz CT molecular complexity index is 389. The minimum atomic E-state index is -4.92. The maximum atomic E-state index is 12.1. The molecule has 0 saturated heterocycles. The molecular weight excluding hydrogens is 287 g/mol. The van der Waals surface area contributed by atoms with Crippen LogP contribution in [0.4, 0.5) is 0 Å². The molecule has 0 saturated carbocycles. The van der Waals surface area contributed by atoms with E-state index in [2.05, 4.69) is 0 Å². The Balaban J connectivity index is 5.88. The van der Waals surface area contributed by atoms with Crippen LogP contribution in [0.15, 0.2) is 0 Å². The third kappa shape index (κ3) is 3.59. The van der Waals surface area contributed by atoms with E-state index in [1.165, 1.54) is 13.8 Å². The molecule has 2 unspecified atom stereocenters. The summed E-state index contributed by atoms with van der Waals surface area (Å²) in [7, 11) is -4.92. The number of hydrogen-bond acceptors (Lipinski definition) is 5. The number of carbonyl (C=O) groups is 2. The predicted molar refractivity (Wildman–Crippen MR) is 72.1 cm³/mol. The fourth-order valence-corrected chi connectivity index (χ4v) is 3.67. The Morgan fingerprint density at radius 1 is 1.10 bits per heavy atom. The van der Waals surface area contributed by atoms with Crippen LogP contribution in [0.1, 0.15) is 40.5 Å². The number of esters is 2. The van der Waals surface area contributed by atoms with Gasteiger partial charge >= 0.3 is 19.5 Å². The summed E-state index contributed by atoms with van der Waals surface area (Å²) in [6.45, 7) is 6.17. The van der Waals surface area contributed by atoms with Crippen molar-refractivity contribution in [1.82, 2.24) is 0 Å². The van der Waals surface area contributed by atoms with Crippen molar-refractivity contribution >= 4 is 19.5 Å². The fourth-order valence-electron chi connectivity index (χ4n) is 2.26. The maximum absolute atomic E-state index is 12.1. The lowest BCUT2D eigenvalue weighted by molar-refractivity contribution is -0.159. The maximum Gasteiger partial charge on any atom is 0.343 e. The molecule has 0 bridgehead atoms. The molecule has 2 atom stereocenters. The molecule has 118 valence electrons. The first-order valence-corrected chi connectivity index (χ1v) is 8.23. The third-order valence-electron chi connectivity index (χ3n) is 3.24. The van der Waals surface area contributed by atoms with Crippen molar-refractivity contribution in [2.45, 2.75) is 45.7 Å². The summed E-state index contributed by atoms with van der Waals surface area (Å²) < 4.78 is 21.5. The Morgan fingerprint density at radius 3 is 1.90 bits per heavy atom. The van der Waals surface area contributed by atoms with Gasteiger partial charge in [0.1, 0.15) is 0 Å². The molecule has 7 nitrogen and oxygen atoms in total. The normalized spacial score (nSPS) is 16.1. The van der Waals surface area contributed by atoms with Crippen LogP contribution in [-0.2, 0) is 23.6 Å². The zero-order valence-electron chi connectivity index (χ0n) is 12.3. The monoisotopic (exact) mass is 310 g/mol. The number of carbonyl (C=O) groups excluding carboxylic acids is 2. The highest BCUT2D eigenvalue weighted by molar-refractivity contribution is 7.54.